The fraction of sp³-hybridized carbons (Fsp3) is 0.278. The minimum Gasteiger partial charge on any atom is -0.497 e. The van der Waals surface area contributed by atoms with Crippen LogP contribution in [0.4, 0.5) is 0 Å². The molecular weight excluding hydrogens is 354 g/mol. The lowest BCUT2D eigenvalue weighted by Gasteiger charge is -2.11. The van der Waals surface area contributed by atoms with Crippen LogP contribution in [0.5, 0.6) is 5.75 Å². The van der Waals surface area contributed by atoms with Gasteiger partial charge in [-0.05, 0) is 24.3 Å². The molecule has 1 fully saturated rings. The number of methoxy groups -OCH3 is 1. The van der Waals surface area contributed by atoms with Crippen molar-refractivity contribution < 1.29 is 18.7 Å². The number of benzene rings is 1. The number of carbonyl (C=O) groups is 1. The predicted octanol–water partition coefficient (Wildman–Crippen LogP) is 3.00. The Kier molecular flexibility index (Phi) is 4.66. The molecule has 1 atom stereocenters. The summed E-state index contributed by atoms with van der Waals surface area (Å²) in [5.41, 5.74) is 0.879. The van der Waals surface area contributed by atoms with Crippen LogP contribution in [0.1, 0.15) is 12.2 Å². The maximum Gasteiger partial charge on any atom is 0.319 e. The van der Waals surface area contributed by atoms with E-state index in [0.717, 1.165) is 17.1 Å². The second kappa shape index (κ2) is 7.25. The first kappa shape index (κ1) is 16.7. The molecule has 1 unspecified atom stereocenters. The lowest BCUT2D eigenvalue weighted by molar-refractivity contribution is -0.137. The largest absolute Gasteiger partial charge is 0.497 e. The van der Waals surface area contributed by atoms with Crippen LogP contribution in [0.15, 0.2) is 52.2 Å². The molecule has 0 amide bonds. The zero-order valence-corrected chi connectivity index (χ0v) is 14.9. The Hall–Kier alpha value is -2.74. The Balaban J connectivity index is 1.71. The number of hydrogen-bond acceptors (Lipinski definition) is 7. The van der Waals surface area contributed by atoms with Crippen LogP contribution >= 0.6 is 11.8 Å². The number of carbonyl (C=O) groups excluding carboxylic acids is 1. The van der Waals surface area contributed by atoms with E-state index in [0.29, 0.717) is 30.6 Å². The van der Waals surface area contributed by atoms with E-state index in [-0.39, 0.29) is 11.2 Å². The molecule has 0 radical (unpaired) electrons. The summed E-state index contributed by atoms with van der Waals surface area (Å²) in [4.78, 5) is 11.8. The summed E-state index contributed by atoms with van der Waals surface area (Å²) in [7, 11) is 1.62. The number of thioether (sulfide) groups is 1. The van der Waals surface area contributed by atoms with E-state index in [1.165, 1.54) is 11.8 Å². The number of nitrogens with zero attached hydrogens (tertiary/aromatic N) is 3. The second-order valence-electron chi connectivity index (χ2n) is 5.77. The van der Waals surface area contributed by atoms with Crippen LogP contribution in [0.2, 0.25) is 0 Å². The minimum atomic E-state index is -0.257. The van der Waals surface area contributed by atoms with Crippen LogP contribution < -0.4 is 4.74 Å². The molecule has 1 aromatic carbocycles. The molecule has 0 spiro atoms. The van der Waals surface area contributed by atoms with Crippen molar-refractivity contribution in [2.45, 2.75) is 23.4 Å². The van der Waals surface area contributed by atoms with Crippen LogP contribution in [0.25, 0.3) is 11.4 Å². The van der Waals surface area contributed by atoms with Crippen LogP contribution in [-0.2, 0) is 16.1 Å². The highest BCUT2D eigenvalue weighted by Gasteiger charge is 2.30. The summed E-state index contributed by atoms with van der Waals surface area (Å²) < 4.78 is 17.8. The van der Waals surface area contributed by atoms with E-state index in [9.17, 15) is 4.79 Å². The van der Waals surface area contributed by atoms with Gasteiger partial charge in [0.1, 0.15) is 16.8 Å². The van der Waals surface area contributed by atoms with Gasteiger partial charge in [0, 0.05) is 12.0 Å². The number of furan rings is 1. The molecule has 0 aliphatic carbocycles. The summed E-state index contributed by atoms with van der Waals surface area (Å²) in [5.74, 6) is 2.01. The fourth-order valence-electron chi connectivity index (χ4n) is 2.76. The number of aromatic nitrogens is 3. The molecule has 1 aliphatic rings. The molecular formula is C18H17N3O4S. The number of hydrogen-bond donors (Lipinski definition) is 0. The van der Waals surface area contributed by atoms with Crippen molar-refractivity contribution in [3.8, 4) is 17.1 Å². The van der Waals surface area contributed by atoms with Gasteiger partial charge in [0.15, 0.2) is 11.0 Å². The first-order valence-electron chi connectivity index (χ1n) is 8.18. The van der Waals surface area contributed by atoms with Crippen molar-refractivity contribution in [1.29, 1.82) is 0 Å². The summed E-state index contributed by atoms with van der Waals surface area (Å²) >= 11 is 1.38. The topological polar surface area (TPSA) is 79.4 Å². The Morgan fingerprint density at radius 3 is 2.96 bits per heavy atom. The molecule has 0 N–H and O–H groups in total. The molecule has 3 aromatic rings. The third-order valence-electron chi connectivity index (χ3n) is 4.07. The molecule has 0 saturated carbocycles. The summed E-state index contributed by atoms with van der Waals surface area (Å²) in [5, 5.41) is 9.06. The van der Waals surface area contributed by atoms with Crippen molar-refractivity contribution in [2.24, 2.45) is 0 Å². The molecule has 8 heteroatoms. The third kappa shape index (κ3) is 3.32. The van der Waals surface area contributed by atoms with Gasteiger partial charge < -0.3 is 13.9 Å². The third-order valence-corrected chi connectivity index (χ3v) is 5.30. The quantitative estimate of drug-likeness (QED) is 0.616. The normalized spacial score (nSPS) is 16.7. The fourth-order valence-corrected chi connectivity index (χ4v) is 3.76. The molecule has 3 heterocycles. The van der Waals surface area contributed by atoms with Gasteiger partial charge in [-0.2, -0.15) is 0 Å². The monoisotopic (exact) mass is 371 g/mol. The number of rotatable bonds is 6. The average Bonchev–Trinajstić information content (AvgIpc) is 3.40. The van der Waals surface area contributed by atoms with Crippen molar-refractivity contribution in [3.63, 3.8) is 0 Å². The van der Waals surface area contributed by atoms with Crippen LogP contribution in [-0.4, -0.2) is 39.7 Å². The number of esters is 1. The first-order chi connectivity index (χ1) is 12.7. The Morgan fingerprint density at radius 1 is 1.31 bits per heavy atom. The highest BCUT2D eigenvalue weighted by Crippen LogP contribution is 2.32. The standard InChI is InChI=1S/C18H17N3O4S/c1-23-13-5-2-4-12(10-13)16-19-20-18(26-15-7-9-25-17(15)22)21(16)11-14-6-3-8-24-14/h2-6,8,10,15H,7,9,11H2,1H3. The van der Waals surface area contributed by atoms with Crippen LogP contribution in [0, 0.1) is 0 Å². The van der Waals surface area contributed by atoms with E-state index in [2.05, 4.69) is 10.2 Å². The summed E-state index contributed by atoms with van der Waals surface area (Å²) in [6.07, 6.45) is 2.30. The van der Waals surface area contributed by atoms with Gasteiger partial charge in [0.25, 0.3) is 0 Å². The van der Waals surface area contributed by atoms with Gasteiger partial charge in [-0.15, -0.1) is 10.2 Å². The number of cyclic esters (lactones) is 1. The highest BCUT2D eigenvalue weighted by atomic mass is 32.2. The zero-order valence-electron chi connectivity index (χ0n) is 14.1. The molecule has 1 aliphatic heterocycles. The van der Waals surface area contributed by atoms with E-state index in [1.54, 1.807) is 13.4 Å². The first-order valence-corrected chi connectivity index (χ1v) is 9.06. The van der Waals surface area contributed by atoms with Gasteiger partial charge >= 0.3 is 5.97 Å². The van der Waals surface area contributed by atoms with Gasteiger partial charge in [-0.25, -0.2) is 0 Å². The van der Waals surface area contributed by atoms with Crippen molar-refractivity contribution in [2.75, 3.05) is 13.7 Å². The molecule has 4 rings (SSSR count). The molecule has 26 heavy (non-hydrogen) atoms. The molecule has 0 bridgehead atoms. The van der Waals surface area contributed by atoms with E-state index >= 15 is 0 Å². The van der Waals surface area contributed by atoms with Gasteiger partial charge in [0.05, 0.1) is 26.5 Å². The van der Waals surface area contributed by atoms with Crippen molar-refractivity contribution >= 4 is 17.7 Å². The minimum absolute atomic E-state index is 0.203. The smallest absolute Gasteiger partial charge is 0.319 e. The van der Waals surface area contributed by atoms with Crippen molar-refractivity contribution in [1.82, 2.24) is 14.8 Å². The zero-order chi connectivity index (χ0) is 17.9. The summed E-state index contributed by atoms with van der Waals surface area (Å²) in [6, 6.07) is 11.4. The Bertz CT molecular complexity index is 907. The maximum atomic E-state index is 11.8. The SMILES string of the molecule is COc1cccc(-c2nnc(SC3CCOC3=O)n2Cc2ccco2)c1. The Morgan fingerprint density at radius 2 is 2.23 bits per heavy atom. The lowest BCUT2D eigenvalue weighted by Crippen LogP contribution is -2.12. The average molecular weight is 371 g/mol. The Labute approximate surface area is 154 Å². The van der Waals surface area contributed by atoms with Gasteiger partial charge in [-0.1, -0.05) is 23.9 Å². The molecule has 7 nitrogen and oxygen atoms in total. The number of ether oxygens (including phenoxy) is 2. The van der Waals surface area contributed by atoms with E-state index in [4.69, 9.17) is 13.9 Å². The predicted molar refractivity (Wildman–Crippen MR) is 95.0 cm³/mol. The second-order valence-corrected chi connectivity index (χ2v) is 6.94. The van der Waals surface area contributed by atoms with E-state index < -0.39 is 0 Å². The van der Waals surface area contributed by atoms with E-state index in [1.807, 2.05) is 41.0 Å². The van der Waals surface area contributed by atoms with Crippen LogP contribution in [0.3, 0.4) is 0 Å². The highest BCUT2D eigenvalue weighted by molar-refractivity contribution is 8.00. The molecule has 1 saturated heterocycles. The van der Waals surface area contributed by atoms with Gasteiger partial charge in [-0.3, -0.25) is 9.36 Å². The lowest BCUT2D eigenvalue weighted by atomic mass is 10.2. The molecule has 134 valence electrons. The summed E-state index contributed by atoms with van der Waals surface area (Å²) in [6.45, 7) is 0.919. The van der Waals surface area contributed by atoms with Crippen molar-refractivity contribution in [3.05, 3.63) is 48.4 Å². The molecule has 2 aromatic heterocycles. The maximum absolute atomic E-state index is 11.8. The van der Waals surface area contributed by atoms with Gasteiger partial charge in [0.2, 0.25) is 0 Å².